The Kier molecular flexibility index (Phi) is 6.23. The van der Waals surface area contributed by atoms with E-state index in [1.807, 2.05) is 0 Å². The predicted molar refractivity (Wildman–Crippen MR) is 116 cm³/mol. The van der Waals surface area contributed by atoms with Crippen LogP contribution < -0.4 is 10.5 Å². The van der Waals surface area contributed by atoms with Crippen molar-refractivity contribution >= 4 is 10.8 Å². The maximum Gasteiger partial charge on any atom is 0.420 e. The molecule has 2 saturated carbocycles. The Morgan fingerprint density at radius 3 is 2.23 bits per heavy atom. The summed E-state index contributed by atoms with van der Waals surface area (Å²) in [4.78, 5) is 0. The smallest absolute Gasteiger partial charge is 0.420 e. The lowest BCUT2D eigenvalue weighted by Crippen LogP contribution is -2.36. The molecule has 0 bridgehead atoms. The molecule has 0 spiro atoms. The number of rotatable bonds is 5. The molecule has 2 fully saturated rings. The summed E-state index contributed by atoms with van der Waals surface area (Å²) < 4.78 is 48.1. The van der Waals surface area contributed by atoms with Gasteiger partial charge >= 0.3 is 6.18 Å². The van der Waals surface area contributed by atoms with E-state index in [0.717, 1.165) is 31.6 Å². The van der Waals surface area contributed by atoms with Crippen LogP contribution in [0.4, 0.5) is 13.2 Å². The zero-order valence-corrected chi connectivity index (χ0v) is 18.0. The van der Waals surface area contributed by atoms with Gasteiger partial charge in [0.2, 0.25) is 0 Å². The third-order valence-electron chi connectivity index (χ3n) is 7.33. The van der Waals surface area contributed by atoms with E-state index >= 15 is 0 Å². The van der Waals surface area contributed by atoms with Gasteiger partial charge in [-0.1, -0.05) is 43.9 Å². The number of hydrogen-bond acceptors (Lipinski definition) is 3. The molecule has 3 nitrogen and oxygen atoms in total. The van der Waals surface area contributed by atoms with Gasteiger partial charge in [0, 0.05) is 0 Å². The second-order valence-electron chi connectivity index (χ2n) is 9.65. The Balaban J connectivity index is 1.58. The summed E-state index contributed by atoms with van der Waals surface area (Å²) in [7, 11) is 0. The molecule has 170 valence electrons. The fourth-order valence-electron chi connectivity index (χ4n) is 5.43. The molecular weight excluding hydrogens is 403 g/mol. The second kappa shape index (κ2) is 8.62. The van der Waals surface area contributed by atoms with Gasteiger partial charge in [0.1, 0.15) is 11.3 Å². The van der Waals surface area contributed by atoms with E-state index in [9.17, 15) is 18.3 Å². The molecule has 0 unspecified atom stereocenters. The number of benzene rings is 2. The SMILES string of the molecule is C[C@](N)(CO)c1ccc2c(C(F)(F)F)c(O[C@H]3CC[C@H](C4CCCC4)CC3)ccc2c1. The first-order chi connectivity index (χ1) is 14.7. The van der Waals surface area contributed by atoms with Crippen LogP contribution in [-0.4, -0.2) is 17.8 Å². The molecule has 2 aliphatic carbocycles. The number of halogens is 3. The standard InChI is InChI=1S/C25H32F3NO2/c1-24(29,15-30)19-9-12-21-18(14-19)8-13-22(23(21)25(26,27)28)31-20-10-6-17(7-11-20)16-4-2-3-5-16/h8-9,12-14,16-17,20,30H,2-7,10-11,15,29H2,1H3/t17-,20-,24-/m0/s1. The summed E-state index contributed by atoms with van der Waals surface area (Å²) in [6.07, 6.45) is 4.27. The first-order valence-electron chi connectivity index (χ1n) is 11.4. The minimum absolute atomic E-state index is 0.0882. The molecule has 2 aromatic rings. The lowest BCUT2D eigenvalue weighted by molar-refractivity contribution is -0.138. The fraction of sp³-hybridized carbons (Fsp3) is 0.600. The Labute approximate surface area is 181 Å². The number of alkyl halides is 3. The normalized spacial score (nSPS) is 25.0. The largest absolute Gasteiger partial charge is 0.490 e. The highest BCUT2D eigenvalue weighted by Gasteiger charge is 2.38. The molecule has 0 amide bonds. The highest BCUT2D eigenvalue weighted by Crippen LogP contribution is 2.44. The van der Waals surface area contributed by atoms with Crippen molar-refractivity contribution in [3.63, 3.8) is 0 Å². The van der Waals surface area contributed by atoms with Crippen molar-refractivity contribution in [2.45, 2.75) is 76.1 Å². The van der Waals surface area contributed by atoms with Gasteiger partial charge in [-0.15, -0.1) is 0 Å². The molecule has 3 N–H and O–H groups in total. The number of hydrogen-bond donors (Lipinski definition) is 2. The topological polar surface area (TPSA) is 55.5 Å². The summed E-state index contributed by atoms with van der Waals surface area (Å²) in [5.74, 6) is 1.42. The van der Waals surface area contributed by atoms with Crippen LogP contribution in [0.1, 0.15) is 69.4 Å². The fourth-order valence-corrected chi connectivity index (χ4v) is 5.43. The van der Waals surface area contributed by atoms with Gasteiger partial charge in [0.15, 0.2) is 0 Å². The second-order valence-corrected chi connectivity index (χ2v) is 9.65. The summed E-state index contributed by atoms with van der Waals surface area (Å²) in [5.41, 5.74) is 4.92. The van der Waals surface area contributed by atoms with Gasteiger partial charge < -0.3 is 15.6 Å². The monoisotopic (exact) mass is 435 g/mol. The van der Waals surface area contributed by atoms with Gasteiger partial charge in [-0.3, -0.25) is 0 Å². The number of nitrogens with two attached hydrogens (primary N) is 1. The summed E-state index contributed by atoms with van der Waals surface area (Å²) >= 11 is 0. The zero-order valence-electron chi connectivity index (χ0n) is 18.0. The van der Waals surface area contributed by atoms with Crippen LogP contribution in [0.5, 0.6) is 5.75 Å². The summed E-state index contributed by atoms with van der Waals surface area (Å²) in [6, 6.07) is 7.71. The van der Waals surface area contributed by atoms with E-state index < -0.39 is 17.3 Å². The molecule has 0 aromatic heterocycles. The predicted octanol–water partition coefficient (Wildman–Crippen LogP) is 6.15. The molecule has 31 heavy (non-hydrogen) atoms. The maximum atomic E-state index is 14.1. The zero-order chi connectivity index (χ0) is 22.2. The Morgan fingerprint density at radius 2 is 1.61 bits per heavy atom. The van der Waals surface area contributed by atoms with Gasteiger partial charge in [-0.25, -0.2) is 0 Å². The van der Waals surface area contributed by atoms with Crippen molar-refractivity contribution in [2.24, 2.45) is 17.6 Å². The van der Waals surface area contributed by atoms with Crippen LogP contribution in [0.3, 0.4) is 0 Å². The Hall–Kier alpha value is -1.79. The van der Waals surface area contributed by atoms with E-state index in [4.69, 9.17) is 10.5 Å². The summed E-state index contributed by atoms with van der Waals surface area (Å²) in [5, 5.41) is 10.0. The van der Waals surface area contributed by atoms with E-state index in [0.29, 0.717) is 16.9 Å². The van der Waals surface area contributed by atoms with Crippen LogP contribution in [-0.2, 0) is 11.7 Å². The number of aliphatic hydroxyl groups excluding tert-OH is 1. The molecule has 0 aliphatic heterocycles. The quantitative estimate of drug-likeness (QED) is 0.592. The maximum absolute atomic E-state index is 14.1. The van der Waals surface area contributed by atoms with Crippen LogP contribution in [0, 0.1) is 11.8 Å². The van der Waals surface area contributed by atoms with Crippen molar-refractivity contribution in [2.75, 3.05) is 6.61 Å². The molecule has 0 saturated heterocycles. The van der Waals surface area contributed by atoms with E-state index in [1.165, 1.54) is 37.8 Å². The van der Waals surface area contributed by atoms with Crippen LogP contribution in [0.15, 0.2) is 30.3 Å². The number of ether oxygens (including phenoxy) is 1. The first kappa shape index (κ1) is 22.4. The molecular formula is C25H32F3NO2. The van der Waals surface area contributed by atoms with Crippen molar-refractivity contribution in [3.05, 3.63) is 41.5 Å². The van der Waals surface area contributed by atoms with Crippen LogP contribution >= 0.6 is 0 Å². The van der Waals surface area contributed by atoms with Gasteiger partial charge in [-0.2, -0.15) is 13.2 Å². The molecule has 0 radical (unpaired) electrons. The third kappa shape index (κ3) is 4.70. The highest BCUT2D eigenvalue weighted by molar-refractivity contribution is 5.89. The Bertz CT molecular complexity index is 911. The molecule has 6 heteroatoms. The van der Waals surface area contributed by atoms with Crippen molar-refractivity contribution in [1.29, 1.82) is 0 Å². The minimum Gasteiger partial charge on any atom is -0.490 e. The van der Waals surface area contributed by atoms with Crippen molar-refractivity contribution in [3.8, 4) is 5.75 Å². The lowest BCUT2D eigenvalue weighted by Gasteiger charge is -2.33. The molecule has 2 aliphatic rings. The van der Waals surface area contributed by atoms with E-state index in [2.05, 4.69) is 0 Å². The third-order valence-corrected chi connectivity index (χ3v) is 7.33. The van der Waals surface area contributed by atoms with Gasteiger partial charge in [0.25, 0.3) is 0 Å². The van der Waals surface area contributed by atoms with Gasteiger partial charge in [0.05, 0.1) is 18.2 Å². The van der Waals surface area contributed by atoms with Gasteiger partial charge in [-0.05, 0) is 72.9 Å². The molecule has 1 atom stereocenters. The van der Waals surface area contributed by atoms with E-state index in [1.54, 1.807) is 25.1 Å². The average molecular weight is 436 g/mol. The van der Waals surface area contributed by atoms with Crippen LogP contribution in [0.2, 0.25) is 0 Å². The Morgan fingerprint density at radius 1 is 0.968 bits per heavy atom. The average Bonchev–Trinajstić information content (AvgIpc) is 3.27. The summed E-state index contributed by atoms with van der Waals surface area (Å²) in [6.45, 7) is 1.35. The molecule has 2 aromatic carbocycles. The molecule has 4 rings (SSSR count). The number of aliphatic hydroxyl groups is 1. The highest BCUT2D eigenvalue weighted by atomic mass is 19.4. The van der Waals surface area contributed by atoms with Crippen molar-refractivity contribution < 1.29 is 23.0 Å². The minimum atomic E-state index is -4.53. The lowest BCUT2D eigenvalue weighted by atomic mass is 9.78. The number of fused-ring (bicyclic) bond motifs is 1. The van der Waals surface area contributed by atoms with E-state index in [-0.39, 0.29) is 23.8 Å². The first-order valence-corrected chi connectivity index (χ1v) is 11.4. The molecule has 0 heterocycles. The van der Waals surface area contributed by atoms with Crippen molar-refractivity contribution in [1.82, 2.24) is 0 Å². The van der Waals surface area contributed by atoms with Crippen LogP contribution in [0.25, 0.3) is 10.8 Å².